The summed E-state index contributed by atoms with van der Waals surface area (Å²) in [5, 5.41) is 13.3. The highest BCUT2D eigenvalue weighted by Crippen LogP contribution is 2.30. The number of benzene rings is 1. The number of carbonyl (C=O) groups is 1. The molecule has 0 bridgehead atoms. The standard InChI is InChI=1S/C13H16BrClN2O2/c1-17-6-2-5-13(8-17,12(18)19)16-9-3-4-11(15)10(14)7-9/h3-4,7,16H,2,5-6,8H2,1H3,(H,18,19). The van der Waals surface area contributed by atoms with Crippen LogP contribution in [-0.4, -0.2) is 41.7 Å². The van der Waals surface area contributed by atoms with Crippen molar-refractivity contribution in [3.05, 3.63) is 27.7 Å². The van der Waals surface area contributed by atoms with Crippen molar-refractivity contribution in [1.82, 2.24) is 4.90 Å². The van der Waals surface area contributed by atoms with Crippen molar-refractivity contribution in [1.29, 1.82) is 0 Å². The van der Waals surface area contributed by atoms with Gasteiger partial charge in [0.1, 0.15) is 5.54 Å². The number of likely N-dealkylation sites (tertiary alicyclic amines) is 1. The Kier molecular flexibility index (Phi) is 4.38. The molecule has 1 saturated heterocycles. The van der Waals surface area contributed by atoms with Crippen molar-refractivity contribution in [2.24, 2.45) is 0 Å². The molecule has 2 rings (SSSR count). The monoisotopic (exact) mass is 346 g/mol. The average Bonchev–Trinajstić information content (AvgIpc) is 2.34. The van der Waals surface area contributed by atoms with Crippen LogP contribution in [0.5, 0.6) is 0 Å². The normalized spacial score (nSPS) is 24.2. The number of hydrogen-bond acceptors (Lipinski definition) is 3. The Morgan fingerprint density at radius 1 is 1.58 bits per heavy atom. The third-order valence-corrected chi connectivity index (χ3v) is 4.61. The molecule has 0 radical (unpaired) electrons. The van der Waals surface area contributed by atoms with Crippen LogP contribution in [0.15, 0.2) is 22.7 Å². The molecule has 104 valence electrons. The minimum absolute atomic E-state index is 0.489. The lowest BCUT2D eigenvalue weighted by molar-refractivity contribution is -0.144. The molecule has 1 aliphatic rings. The van der Waals surface area contributed by atoms with Gasteiger partial charge in [0.15, 0.2) is 0 Å². The van der Waals surface area contributed by atoms with Crippen LogP contribution in [0.25, 0.3) is 0 Å². The summed E-state index contributed by atoms with van der Waals surface area (Å²) in [6.45, 7) is 1.42. The van der Waals surface area contributed by atoms with E-state index in [1.54, 1.807) is 12.1 Å². The summed E-state index contributed by atoms with van der Waals surface area (Å²) in [6, 6.07) is 5.35. The zero-order valence-corrected chi connectivity index (χ0v) is 13.0. The third-order valence-electron chi connectivity index (χ3n) is 3.40. The summed E-state index contributed by atoms with van der Waals surface area (Å²) < 4.78 is 0.754. The number of halogens is 2. The summed E-state index contributed by atoms with van der Waals surface area (Å²) >= 11 is 9.29. The Bertz CT molecular complexity index is 498. The van der Waals surface area contributed by atoms with Crippen molar-refractivity contribution in [3.63, 3.8) is 0 Å². The summed E-state index contributed by atoms with van der Waals surface area (Å²) in [4.78, 5) is 13.7. The predicted molar refractivity (Wildman–Crippen MR) is 79.9 cm³/mol. The highest BCUT2D eigenvalue weighted by molar-refractivity contribution is 9.10. The number of hydrogen-bond donors (Lipinski definition) is 2. The number of rotatable bonds is 3. The molecule has 0 amide bonds. The van der Waals surface area contributed by atoms with Crippen LogP contribution in [0.2, 0.25) is 5.02 Å². The number of nitrogens with one attached hydrogen (secondary N) is 1. The van der Waals surface area contributed by atoms with Crippen molar-refractivity contribution < 1.29 is 9.90 Å². The molecule has 2 N–H and O–H groups in total. The molecule has 1 atom stereocenters. The molecule has 1 fully saturated rings. The molecule has 0 spiro atoms. The molecule has 1 aromatic carbocycles. The average molecular weight is 348 g/mol. The first-order valence-corrected chi connectivity index (χ1v) is 7.25. The lowest BCUT2D eigenvalue weighted by Crippen LogP contribution is -2.57. The Balaban J connectivity index is 2.25. The van der Waals surface area contributed by atoms with E-state index in [-0.39, 0.29) is 0 Å². The molecule has 1 unspecified atom stereocenters. The molecule has 1 aromatic rings. The van der Waals surface area contributed by atoms with Crippen molar-refractivity contribution in [3.8, 4) is 0 Å². The van der Waals surface area contributed by atoms with E-state index in [1.165, 1.54) is 0 Å². The summed E-state index contributed by atoms with van der Waals surface area (Å²) in [6.07, 6.45) is 1.48. The Morgan fingerprint density at radius 3 is 2.89 bits per heavy atom. The van der Waals surface area contributed by atoms with E-state index in [4.69, 9.17) is 11.6 Å². The van der Waals surface area contributed by atoms with E-state index < -0.39 is 11.5 Å². The number of carboxylic acids is 1. The number of carboxylic acid groups (broad SMARTS) is 1. The van der Waals surface area contributed by atoms with Crippen LogP contribution in [0.1, 0.15) is 12.8 Å². The Labute approximate surface area is 125 Å². The molecule has 19 heavy (non-hydrogen) atoms. The number of aliphatic carboxylic acids is 1. The number of piperidine rings is 1. The van der Waals surface area contributed by atoms with Gasteiger partial charge in [-0.15, -0.1) is 0 Å². The topological polar surface area (TPSA) is 52.6 Å². The van der Waals surface area contributed by atoms with E-state index in [2.05, 4.69) is 21.2 Å². The SMILES string of the molecule is CN1CCCC(Nc2ccc(Cl)c(Br)c2)(C(=O)O)C1. The van der Waals surface area contributed by atoms with Gasteiger partial charge in [-0.3, -0.25) is 0 Å². The second kappa shape index (κ2) is 5.69. The van der Waals surface area contributed by atoms with Crippen LogP contribution in [0, 0.1) is 0 Å². The van der Waals surface area contributed by atoms with Gasteiger partial charge in [0.25, 0.3) is 0 Å². The minimum atomic E-state index is -0.930. The van der Waals surface area contributed by atoms with Gasteiger partial charge in [-0.25, -0.2) is 4.79 Å². The molecule has 4 nitrogen and oxygen atoms in total. The molecular formula is C13H16BrClN2O2. The minimum Gasteiger partial charge on any atom is -0.479 e. The largest absolute Gasteiger partial charge is 0.479 e. The van der Waals surface area contributed by atoms with Crippen LogP contribution in [-0.2, 0) is 4.79 Å². The van der Waals surface area contributed by atoms with Gasteiger partial charge in [0.05, 0.1) is 5.02 Å². The van der Waals surface area contributed by atoms with E-state index in [9.17, 15) is 9.90 Å². The quantitative estimate of drug-likeness (QED) is 0.882. The highest BCUT2D eigenvalue weighted by atomic mass is 79.9. The van der Waals surface area contributed by atoms with E-state index in [0.717, 1.165) is 23.1 Å². The van der Waals surface area contributed by atoms with Gasteiger partial charge in [0, 0.05) is 16.7 Å². The maximum atomic E-state index is 11.7. The van der Waals surface area contributed by atoms with E-state index in [1.807, 2.05) is 18.0 Å². The van der Waals surface area contributed by atoms with Crippen molar-refractivity contribution in [2.75, 3.05) is 25.5 Å². The summed E-state index contributed by atoms with van der Waals surface area (Å²) in [5.41, 5.74) is -0.172. The lowest BCUT2D eigenvalue weighted by Gasteiger charge is -2.39. The molecular weight excluding hydrogens is 332 g/mol. The zero-order chi connectivity index (χ0) is 14.0. The van der Waals surface area contributed by atoms with Gasteiger partial charge in [-0.05, 0) is 60.6 Å². The fraction of sp³-hybridized carbons (Fsp3) is 0.462. The Hall–Kier alpha value is -0.780. The fourth-order valence-corrected chi connectivity index (χ4v) is 2.95. The van der Waals surface area contributed by atoms with Crippen LogP contribution >= 0.6 is 27.5 Å². The first-order valence-electron chi connectivity index (χ1n) is 6.08. The van der Waals surface area contributed by atoms with Gasteiger partial charge in [0.2, 0.25) is 0 Å². The highest BCUT2D eigenvalue weighted by Gasteiger charge is 2.41. The van der Waals surface area contributed by atoms with Crippen LogP contribution in [0.4, 0.5) is 5.69 Å². The van der Waals surface area contributed by atoms with E-state index >= 15 is 0 Å². The van der Waals surface area contributed by atoms with Gasteiger partial charge < -0.3 is 15.3 Å². The zero-order valence-electron chi connectivity index (χ0n) is 10.6. The molecule has 0 saturated carbocycles. The van der Waals surface area contributed by atoms with Crippen molar-refractivity contribution >= 4 is 39.2 Å². The van der Waals surface area contributed by atoms with Gasteiger partial charge >= 0.3 is 5.97 Å². The maximum Gasteiger partial charge on any atom is 0.330 e. The number of anilines is 1. The molecule has 0 aliphatic carbocycles. The fourth-order valence-electron chi connectivity index (χ4n) is 2.45. The number of likely N-dealkylation sites (N-methyl/N-ethyl adjacent to an activating group) is 1. The number of nitrogens with zero attached hydrogens (tertiary/aromatic N) is 1. The second-order valence-corrected chi connectivity index (χ2v) is 6.24. The summed E-state index contributed by atoms with van der Waals surface area (Å²) in [5.74, 6) is -0.815. The molecule has 6 heteroatoms. The van der Waals surface area contributed by atoms with E-state index in [0.29, 0.717) is 18.0 Å². The van der Waals surface area contributed by atoms with Gasteiger partial charge in [-0.2, -0.15) is 0 Å². The predicted octanol–water partition coefficient (Wildman–Crippen LogP) is 3.06. The second-order valence-electron chi connectivity index (χ2n) is 4.98. The van der Waals surface area contributed by atoms with Crippen LogP contribution in [0.3, 0.4) is 0 Å². The Morgan fingerprint density at radius 2 is 2.32 bits per heavy atom. The molecule has 1 aliphatic heterocycles. The molecule has 1 heterocycles. The first-order chi connectivity index (χ1) is 8.93. The summed E-state index contributed by atoms with van der Waals surface area (Å²) in [7, 11) is 1.94. The molecule has 0 aromatic heterocycles. The maximum absolute atomic E-state index is 11.7. The van der Waals surface area contributed by atoms with Crippen LogP contribution < -0.4 is 5.32 Å². The van der Waals surface area contributed by atoms with Crippen molar-refractivity contribution in [2.45, 2.75) is 18.4 Å². The third kappa shape index (κ3) is 3.22. The lowest BCUT2D eigenvalue weighted by atomic mass is 9.89. The first kappa shape index (κ1) is 14.6. The van der Waals surface area contributed by atoms with Gasteiger partial charge in [-0.1, -0.05) is 11.6 Å². The smallest absolute Gasteiger partial charge is 0.330 e.